The number of guanidine groups is 1. The van der Waals surface area contributed by atoms with E-state index in [2.05, 4.69) is 27.5 Å². The maximum Gasteiger partial charge on any atom is 0.242 e. The summed E-state index contributed by atoms with van der Waals surface area (Å²) in [7, 11) is 0. The van der Waals surface area contributed by atoms with Gasteiger partial charge in [0.15, 0.2) is 5.96 Å². The first-order chi connectivity index (χ1) is 7.89. The van der Waals surface area contributed by atoms with Crippen LogP contribution >= 0.6 is 0 Å². The maximum absolute atomic E-state index is 11.5. The van der Waals surface area contributed by atoms with Gasteiger partial charge in [-0.3, -0.25) is 4.79 Å². The van der Waals surface area contributed by atoms with Crippen LogP contribution < -0.4 is 16.0 Å². The quantitative estimate of drug-likeness (QED) is 0.375. The molecule has 5 heteroatoms. The van der Waals surface area contributed by atoms with E-state index in [0.29, 0.717) is 12.5 Å². The summed E-state index contributed by atoms with van der Waals surface area (Å²) in [6, 6.07) is 0. The van der Waals surface area contributed by atoms with Crippen molar-refractivity contribution >= 4 is 11.9 Å². The van der Waals surface area contributed by atoms with Crippen molar-refractivity contribution in [2.45, 2.75) is 33.2 Å². The molecule has 0 aromatic carbocycles. The average molecular weight is 240 g/mol. The molecule has 0 aliphatic rings. The lowest BCUT2D eigenvalue weighted by atomic mass is 10.1. The van der Waals surface area contributed by atoms with Crippen molar-refractivity contribution in [2.24, 2.45) is 4.99 Å². The largest absolute Gasteiger partial charge is 0.357 e. The third-order valence-electron chi connectivity index (χ3n) is 1.65. The van der Waals surface area contributed by atoms with Crippen molar-refractivity contribution in [1.82, 2.24) is 16.0 Å². The highest BCUT2D eigenvalue weighted by Crippen LogP contribution is 1.97. The molecule has 0 atom stereocenters. The number of amides is 1. The summed E-state index contributed by atoms with van der Waals surface area (Å²) in [6.07, 6.45) is 1.74. The van der Waals surface area contributed by atoms with E-state index in [1.807, 2.05) is 27.7 Å². The van der Waals surface area contributed by atoms with Crippen molar-refractivity contribution in [3.8, 4) is 0 Å². The van der Waals surface area contributed by atoms with E-state index >= 15 is 0 Å². The van der Waals surface area contributed by atoms with E-state index in [0.717, 1.165) is 6.54 Å². The van der Waals surface area contributed by atoms with Gasteiger partial charge in [0.1, 0.15) is 6.54 Å². The third-order valence-corrected chi connectivity index (χ3v) is 1.65. The lowest BCUT2D eigenvalue weighted by molar-refractivity contribution is -0.121. The maximum atomic E-state index is 11.5. The number of carbonyl (C=O) groups is 1. The molecule has 0 fully saturated rings. The second kappa shape index (κ2) is 7.70. The van der Waals surface area contributed by atoms with Gasteiger partial charge in [-0.05, 0) is 27.7 Å². The molecule has 0 spiro atoms. The summed E-state index contributed by atoms with van der Waals surface area (Å²) in [4.78, 5) is 15.7. The molecule has 3 N–H and O–H groups in total. The van der Waals surface area contributed by atoms with Crippen LogP contribution in [0.1, 0.15) is 27.7 Å². The van der Waals surface area contributed by atoms with Gasteiger partial charge in [-0.1, -0.05) is 6.08 Å². The fourth-order valence-corrected chi connectivity index (χ4v) is 1.12. The van der Waals surface area contributed by atoms with Gasteiger partial charge in [0.25, 0.3) is 0 Å². The number of nitrogens with zero attached hydrogens (tertiary/aromatic N) is 1. The molecule has 0 radical (unpaired) electrons. The van der Waals surface area contributed by atoms with Gasteiger partial charge in [0.05, 0.1) is 0 Å². The Kier molecular flexibility index (Phi) is 7.02. The Morgan fingerprint density at radius 3 is 2.47 bits per heavy atom. The number of aliphatic imine (C=N–C) groups is 1. The summed E-state index contributed by atoms with van der Waals surface area (Å²) in [6.45, 7) is 12.9. The Hall–Kier alpha value is -1.52. The fourth-order valence-electron chi connectivity index (χ4n) is 1.12. The van der Waals surface area contributed by atoms with Crippen LogP contribution in [0.5, 0.6) is 0 Å². The summed E-state index contributed by atoms with van der Waals surface area (Å²) >= 11 is 0. The van der Waals surface area contributed by atoms with Gasteiger partial charge < -0.3 is 16.0 Å². The number of hydrogen-bond acceptors (Lipinski definition) is 2. The number of hydrogen-bond donors (Lipinski definition) is 3. The molecule has 0 unspecified atom stereocenters. The predicted molar refractivity (Wildman–Crippen MR) is 72.1 cm³/mol. The van der Waals surface area contributed by atoms with E-state index in [4.69, 9.17) is 0 Å². The monoisotopic (exact) mass is 240 g/mol. The molecule has 0 saturated heterocycles. The first-order valence-corrected chi connectivity index (χ1v) is 5.83. The molecule has 0 aliphatic carbocycles. The zero-order valence-electron chi connectivity index (χ0n) is 11.3. The molecule has 0 rings (SSSR count). The number of rotatable bonds is 5. The molecule has 98 valence electrons. The molecule has 0 aliphatic heterocycles. The fraction of sp³-hybridized carbons (Fsp3) is 0.667. The standard InChI is InChI=1S/C12H24N4O/c1-6-8-14-11(13-7-2)15-9-10(17)16-12(3,4)5/h6H,1,7-9H2,2-5H3,(H,16,17)(H2,13,14,15). The van der Waals surface area contributed by atoms with E-state index in [9.17, 15) is 4.79 Å². The van der Waals surface area contributed by atoms with Crippen LogP contribution in [0, 0.1) is 0 Å². The molecule has 5 nitrogen and oxygen atoms in total. The van der Waals surface area contributed by atoms with Crippen LogP contribution in [0.4, 0.5) is 0 Å². The van der Waals surface area contributed by atoms with Gasteiger partial charge in [-0.15, -0.1) is 6.58 Å². The van der Waals surface area contributed by atoms with Crippen molar-refractivity contribution in [3.63, 3.8) is 0 Å². The molecule has 0 heterocycles. The minimum atomic E-state index is -0.223. The van der Waals surface area contributed by atoms with Gasteiger partial charge in [0.2, 0.25) is 5.91 Å². The molecule has 17 heavy (non-hydrogen) atoms. The first kappa shape index (κ1) is 15.5. The highest BCUT2D eigenvalue weighted by atomic mass is 16.2. The summed E-state index contributed by atoms with van der Waals surface area (Å²) in [5.41, 5.74) is -0.223. The highest BCUT2D eigenvalue weighted by Gasteiger charge is 2.12. The summed E-state index contributed by atoms with van der Waals surface area (Å²) in [5.74, 6) is 0.532. The second-order valence-corrected chi connectivity index (χ2v) is 4.66. The van der Waals surface area contributed by atoms with Gasteiger partial charge in [0, 0.05) is 18.6 Å². The molecule has 0 bridgehead atoms. The van der Waals surface area contributed by atoms with Crippen LogP contribution in [-0.4, -0.2) is 37.0 Å². The molecule has 0 aromatic heterocycles. The second-order valence-electron chi connectivity index (χ2n) is 4.66. The Morgan fingerprint density at radius 2 is 2.00 bits per heavy atom. The van der Waals surface area contributed by atoms with Crippen LogP contribution in [-0.2, 0) is 4.79 Å². The highest BCUT2D eigenvalue weighted by molar-refractivity contribution is 5.85. The number of carbonyl (C=O) groups excluding carboxylic acids is 1. The minimum absolute atomic E-state index is 0.0895. The average Bonchev–Trinajstić information content (AvgIpc) is 2.19. The first-order valence-electron chi connectivity index (χ1n) is 5.83. The van der Waals surface area contributed by atoms with Crippen LogP contribution in [0.3, 0.4) is 0 Å². The minimum Gasteiger partial charge on any atom is -0.357 e. The smallest absolute Gasteiger partial charge is 0.242 e. The zero-order valence-corrected chi connectivity index (χ0v) is 11.3. The number of nitrogens with one attached hydrogen (secondary N) is 3. The predicted octanol–water partition coefficient (Wildman–Crippen LogP) is 0.642. The van der Waals surface area contributed by atoms with Crippen molar-refractivity contribution in [1.29, 1.82) is 0 Å². The Balaban J connectivity index is 4.22. The third kappa shape index (κ3) is 9.41. The topological polar surface area (TPSA) is 65.5 Å². The van der Waals surface area contributed by atoms with Crippen LogP contribution in [0.25, 0.3) is 0 Å². The molecule has 0 saturated carbocycles. The van der Waals surface area contributed by atoms with Crippen LogP contribution in [0.2, 0.25) is 0 Å². The van der Waals surface area contributed by atoms with Gasteiger partial charge in [-0.2, -0.15) is 0 Å². The van der Waals surface area contributed by atoms with E-state index < -0.39 is 0 Å². The molecular weight excluding hydrogens is 216 g/mol. The Morgan fingerprint density at radius 1 is 1.35 bits per heavy atom. The summed E-state index contributed by atoms with van der Waals surface area (Å²) < 4.78 is 0. The Labute approximate surface area is 104 Å². The molecule has 0 aromatic rings. The SMILES string of the molecule is C=CCNC(=NCC(=O)NC(C)(C)C)NCC. The van der Waals surface area contributed by atoms with Crippen molar-refractivity contribution in [2.75, 3.05) is 19.6 Å². The molecule has 1 amide bonds. The van der Waals surface area contributed by atoms with Gasteiger partial charge in [-0.25, -0.2) is 4.99 Å². The van der Waals surface area contributed by atoms with E-state index in [-0.39, 0.29) is 18.0 Å². The van der Waals surface area contributed by atoms with Gasteiger partial charge >= 0.3 is 0 Å². The van der Waals surface area contributed by atoms with Crippen LogP contribution in [0.15, 0.2) is 17.6 Å². The lowest BCUT2D eigenvalue weighted by Gasteiger charge is -2.19. The normalized spacial score (nSPS) is 11.9. The van der Waals surface area contributed by atoms with E-state index in [1.165, 1.54) is 0 Å². The zero-order chi connectivity index (χ0) is 13.3. The molecular formula is C12H24N4O. The summed E-state index contributed by atoms with van der Waals surface area (Å²) in [5, 5.41) is 8.93. The van der Waals surface area contributed by atoms with E-state index in [1.54, 1.807) is 6.08 Å². The Bertz CT molecular complexity index is 279. The van der Waals surface area contributed by atoms with Crippen molar-refractivity contribution < 1.29 is 4.79 Å². The van der Waals surface area contributed by atoms with Crippen molar-refractivity contribution in [3.05, 3.63) is 12.7 Å². The lowest BCUT2D eigenvalue weighted by Crippen LogP contribution is -2.43.